The van der Waals surface area contributed by atoms with Crippen LogP contribution in [0.2, 0.25) is 0 Å². The van der Waals surface area contributed by atoms with Crippen molar-refractivity contribution in [3.63, 3.8) is 0 Å². The van der Waals surface area contributed by atoms with Crippen LogP contribution in [0.1, 0.15) is 12.1 Å². The molecule has 0 saturated carbocycles. The van der Waals surface area contributed by atoms with Crippen LogP contribution in [0.4, 0.5) is 0 Å². The Morgan fingerprint density at radius 3 is 2.58 bits per heavy atom. The minimum atomic E-state index is 0.250. The van der Waals surface area contributed by atoms with E-state index in [4.69, 9.17) is 0 Å². The summed E-state index contributed by atoms with van der Waals surface area (Å²) in [7, 11) is 0. The van der Waals surface area contributed by atoms with Gasteiger partial charge in [0.2, 0.25) is 5.91 Å². The second-order valence-electron chi connectivity index (χ2n) is 6.80. The van der Waals surface area contributed by atoms with Gasteiger partial charge in [-0.05, 0) is 29.7 Å². The third-order valence-corrected chi connectivity index (χ3v) is 5.08. The summed E-state index contributed by atoms with van der Waals surface area (Å²) in [6.45, 7) is 5.03. The van der Waals surface area contributed by atoms with Crippen molar-refractivity contribution in [2.45, 2.75) is 19.5 Å². The lowest BCUT2D eigenvalue weighted by molar-refractivity contribution is -0.133. The van der Waals surface area contributed by atoms with E-state index >= 15 is 0 Å². The van der Waals surface area contributed by atoms with Crippen molar-refractivity contribution >= 4 is 16.8 Å². The number of benzene rings is 1. The van der Waals surface area contributed by atoms with Gasteiger partial charge in [0.1, 0.15) is 0 Å². The largest absolute Gasteiger partial charge is 0.347 e. The zero-order chi connectivity index (χ0) is 17.8. The lowest BCUT2D eigenvalue weighted by Gasteiger charge is -2.34. The van der Waals surface area contributed by atoms with Gasteiger partial charge in [0.05, 0.1) is 5.69 Å². The highest BCUT2D eigenvalue weighted by atomic mass is 16.2. The number of hydrogen-bond donors (Lipinski definition) is 0. The third-order valence-electron chi connectivity index (χ3n) is 5.08. The number of fused-ring (bicyclic) bond motifs is 1. The summed E-state index contributed by atoms with van der Waals surface area (Å²) in [5.41, 5.74) is 2.28. The van der Waals surface area contributed by atoms with Crippen LogP contribution in [0.5, 0.6) is 0 Å². The summed E-state index contributed by atoms with van der Waals surface area (Å²) in [5.74, 6) is 0.250. The molecule has 5 heteroatoms. The normalized spacial score (nSPS) is 15.5. The summed E-state index contributed by atoms with van der Waals surface area (Å²) in [5, 5.41) is 1.23. The van der Waals surface area contributed by atoms with E-state index in [2.05, 4.69) is 44.9 Å². The number of aryl methyl sites for hydroxylation is 1. The molecule has 26 heavy (non-hydrogen) atoms. The fraction of sp³-hybridized carbons (Fsp3) is 0.333. The standard InChI is InChI=1S/C21H24N4O/c26-21(9-12-24-11-8-18-5-1-2-7-20(18)24)25-15-13-23(14-16-25)17-19-6-3-4-10-22-19/h1-8,10-11H,9,12-17H2. The monoisotopic (exact) mass is 348 g/mol. The molecule has 134 valence electrons. The van der Waals surface area contributed by atoms with Crippen molar-refractivity contribution in [1.82, 2.24) is 19.4 Å². The SMILES string of the molecule is O=C(CCn1ccc2ccccc21)N1CCN(Cc2ccccn2)CC1. The first-order valence-electron chi connectivity index (χ1n) is 9.23. The lowest BCUT2D eigenvalue weighted by Crippen LogP contribution is -2.48. The molecule has 0 spiro atoms. The van der Waals surface area contributed by atoms with Crippen molar-refractivity contribution < 1.29 is 4.79 Å². The van der Waals surface area contributed by atoms with Crippen LogP contribution in [0, 0.1) is 0 Å². The second kappa shape index (κ2) is 7.70. The van der Waals surface area contributed by atoms with Crippen LogP contribution in [-0.4, -0.2) is 51.4 Å². The molecule has 0 bridgehead atoms. The predicted molar refractivity (Wildman–Crippen MR) is 103 cm³/mol. The predicted octanol–water partition coefficient (Wildman–Crippen LogP) is 2.77. The van der Waals surface area contributed by atoms with Crippen LogP contribution < -0.4 is 0 Å². The van der Waals surface area contributed by atoms with Gasteiger partial charge in [-0.2, -0.15) is 0 Å². The molecule has 1 aliphatic heterocycles. The summed E-state index contributed by atoms with van der Waals surface area (Å²) >= 11 is 0. The van der Waals surface area contributed by atoms with Gasteiger partial charge in [-0.3, -0.25) is 14.7 Å². The van der Waals surface area contributed by atoms with E-state index < -0.39 is 0 Å². The number of pyridine rings is 1. The Balaban J connectivity index is 1.27. The van der Waals surface area contributed by atoms with Crippen molar-refractivity contribution in [2.24, 2.45) is 0 Å². The number of para-hydroxylation sites is 1. The van der Waals surface area contributed by atoms with Crippen LogP contribution in [0.25, 0.3) is 10.9 Å². The van der Waals surface area contributed by atoms with Gasteiger partial charge in [0, 0.05) is 63.6 Å². The van der Waals surface area contributed by atoms with Gasteiger partial charge in [0.25, 0.3) is 0 Å². The minimum absolute atomic E-state index is 0.250. The Morgan fingerprint density at radius 2 is 1.77 bits per heavy atom. The maximum absolute atomic E-state index is 12.6. The maximum atomic E-state index is 12.6. The zero-order valence-electron chi connectivity index (χ0n) is 14.9. The smallest absolute Gasteiger partial charge is 0.224 e. The molecule has 0 atom stereocenters. The minimum Gasteiger partial charge on any atom is -0.347 e. The molecule has 4 rings (SSSR count). The second-order valence-corrected chi connectivity index (χ2v) is 6.80. The van der Waals surface area contributed by atoms with Crippen LogP contribution >= 0.6 is 0 Å². The maximum Gasteiger partial charge on any atom is 0.224 e. The van der Waals surface area contributed by atoms with E-state index in [0.29, 0.717) is 6.42 Å². The number of hydrogen-bond acceptors (Lipinski definition) is 3. The average Bonchev–Trinajstić information content (AvgIpc) is 3.11. The van der Waals surface area contributed by atoms with E-state index in [1.807, 2.05) is 35.4 Å². The summed E-state index contributed by atoms with van der Waals surface area (Å²) < 4.78 is 2.17. The fourth-order valence-electron chi connectivity index (χ4n) is 3.59. The van der Waals surface area contributed by atoms with E-state index in [1.165, 1.54) is 10.9 Å². The Kier molecular flexibility index (Phi) is 4.97. The highest BCUT2D eigenvalue weighted by Crippen LogP contribution is 2.16. The zero-order valence-corrected chi connectivity index (χ0v) is 14.9. The number of aromatic nitrogens is 2. The summed E-state index contributed by atoms with van der Waals surface area (Å²) in [4.78, 5) is 21.3. The van der Waals surface area contributed by atoms with E-state index in [-0.39, 0.29) is 5.91 Å². The molecular weight excluding hydrogens is 324 g/mol. The third kappa shape index (κ3) is 3.78. The fourth-order valence-corrected chi connectivity index (χ4v) is 3.59. The van der Waals surface area contributed by atoms with E-state index in [0.717, 1.165) is 45.0 Å². The number of rotatable bonds is 5. The van der Waals surface area contributed by atoms with Crippen LogP contribution in [0.3, 0.4) is 0 Å². The Morgan fingerprint density at radius 1 is 0.962 bits per heavy atom. The molecule has 0 N–H and O–H groups in total. The van der Waals surface area contributed by atoms with Gasteiger partial charge in [-0.1, -0.05) is 24.3 Å². The number of nitrogens with zero attached hydrogens (tertiary/aromatic N) is 4. The molecule has 1 aromatic carbocycles. The molecule has 0 unspecified atom stereocenters. The highest BCUT2D eigenvalue weighted by molar-refractivity contribution is 5.80. The molecule has 1 amide bonds. The Labute approximate surface area is 153 Å². The molecule has 0 radical (unpaired) electrons. The first kappa shape index (κ1) is 16.8. The molecule has 3 heterocycles. The number of carbonyl (C=O) groups excluding carboxylic acids is 1. The Hall–Kier alpha value is -2.66. The first-order valence-corrected chi connectivity index (χ1v) is 9.23. The molecule has 3 aromatic rings. The molecule has 5 nitrogen and oxygen atoms in total. The number of amides is 1. The van der Waals surface area contributed by atoms with Crippen LogP contribution in [-0.2, 0) is 17.9 Å². The number of piperazine rings is 1. The van der Waals surface area contributed by atoms with Crippen molar-refractivity contribution in [3.05, 3.63) is 66.6 Å². The van der Waals surface area contributed by atoms with Gasteiger partial charge in [-0.15, -0.1) is 0 Å². The summed E-state index contributed by atoms with van der Waals surface area (Å²) in [6, 6.07) is 16.4. The quantitative estimate of drug-likeness (QED) is 0.712. The molecule has 1 saturated heterocycles. The topological polar surface area (TPSA) is 41.4 Å². The summed E-state index contributed by atoms with van der Waals surface area (Å²) in [6.07, 6.45) is 4.46. The number of carbonyl (C=O) groups is 1. The van der Waals surface area contributed by atoms with Crippen molar-refractivity contribution in [3.8, 4) is 0 Å². The highest BCUT2D eigenvalue weighted by Gasteiger charge is 2.21. The van der Waals surface area contributed by atoms with Gasteiger partial charge in [0.15, 0.2) is 0 Å². The first-order chi connectivity index (χ1) is 12.8. The lowest BCUT2D eigenvalue weighted by atomic mass is 10.2. The van der Waals surface area contributed by atoms with Gasteiger partial charge in [-0.25, -0.2) is 0 Å². The average molecular weight is 348 g/mol. The molecule has 1 aliphatic rings. The van der Waals surface area contributed by atoms with Crippen molar-refractivity contribution in [1.29, 1.82) is 0 Å². The van der Waals surface area contributed by atoms with Gasteiger partial charge < -0.3 is 9.47 Å². The van der Waals surface area contributed by atoms with Gasteiger partial charge >= 0.3 is 0 Å². The molecular formula is C21H24N4O. The van der Waals surface area contributed by atoms with Crippen molar-refractivity contribution in [2.75, 3.05) is 26.2 Å². The van der Waals surface area contributed by atoms with E-state index in [1.54, 1.807) is 0 Å². The molecule has 0 aliphatic carbocycles. The Bertz CT molecular complexity index is 866. The van der Waals surface area contributed by atoms with Crippen LogP contribution in [0.15, 0.2) is 60.9 Å². The molecule has 2 aromatic heterocycles. The van der Waals surface area contributed by atoms with E-state index in [9.17, 15) is 4.79 Å². The molecule has 1 fully saturated rings.